The molecule has 0 radical (unpaired) electrons. The summed E-state index contributed by atoms with van der Waals surface area (Å²) in [5.41, 5.74) is 3.70. The Hall–Kier alpha value is -2.38. The van der Waals surface area contributed by atoms with Crippen LogP contribution in [0.3, 0.4) is 0 Å². The SMILES string of the molecule is Cl.O=C(Nc1ccc([C@H]2CNCCO2)cc1)c1cc(-c2cccc(Cl)c2)n[nH]1. The third kappa shape index (κ3) is 4.72. The first kappa shape index (κ1) is 20.4. The van der Waals surface area contributed by atoms with Crippen molar-refractivity contribution in [2.24, 2.45) is 0 Å². The maximum Gasteiger partial charge on any atom is 0.273 e. The molecule has 28 heavy (non-hydrogen) atoms. The highest BCUT2D eigenvalue weighted by molar-refractivity contribution is 6.30. The molecule has 8 heteroatoms. The lowest BCUT2D eigenvalue weighted by molar-refractivity contribution is 0.0277. The van der Waals surface area contributed by atoms with Gasteiger partial charge in [0, 0.05) is 29.4 Å². The number of morpholine rings is 1. The third-order valence-electron chi connectivity index (χ3n) is 4.41. The standard InChI is InChI=1S/C20H19ClN4O2.ClH/c21-15-3-1-2-14(10-15)17-11-18(25-24-17)20(26)23-16-6-4-13(5-7-16)19-12-22-8-9-27-19;/h1-7,10-11,19,22H,8-9,12H2,(H,23,26)(H,24,25);1H/t19-;/m1./s1. The Morgan fingerprint density at radius 3 is 2.71 bits per heavy atom. The van der Waals surface area contributed by atoms with Crippen LogP contribution in [0.25, 0.3) is 11.3 Å². The molecule has 3 N–H and O–H groups in total. The third-order valence-corrected chi connectivity index (χ3v) is 4.65. The van der Waals surface area contributed by atoms with E-state index in [0.717, 1.165) is 24.2 Å². The van der Waals surface area contributed by atoms with Crippen molar-refractivity contribution in [3.05, 3.63) is 70.9 Å². The number of carbonyl (C=O) groups excluding carboxylic acids is 1. The van der Waals surface area contributed by atoms with Crippen LogP contribution in [0.15, 0.2) is 54.6 Å². The van der Waals surface area contributed by atoms with Gasteiger partial charge >= 0.3 is 0 Å². The molecule has 3 aromatic rings. The number of nitrogens with zero attached hydrogens (tertiary/aromatic N) is 1. The normalized spacial score (nSPS) is 16.2. The van der Waals surface area contributed by atoms with E-state index in [1.54, 1.807) is 18.2 Å². The van der Waals surface area contributed by atoms with Crippen molar-refractivity contribution in [3.63, 3.8) is 0 Å². The van der Waals surface area contributed by atoms with Crippen LogP contribution in [-0.2, 0) is 4.74 Å². The van der Waals surface area contributed by atoms with Gasteiger partial charge in [-0.1, -0.05) is 35.9 Å². The zero-order valence-corrected chi connectivity index (χ0v) is 16.5. The van der Waals surface area contributed by atoms with Gasteiger partial charge < -0.3 is 15.4 Å². The second-order valence-corrected chi connectivity index (χ2v) is 6.75. The van der Waals surface area contributed by atoms with Gasteiger partial charge in [0.05, 0.1) is 18.4 Å². The molecule has 1 saturated heterocycles. The molecule has 0 aliphatic carbocycles. The molecule has 6 nitrogen and oxygen atoms in total. The molecule has 1 aliphatic rings. The summed E-state index contributed by atoms with van der Waals surface area (Å²) in [6, 6.07) is 16.7. The number of ether oxygens (including phenoxy) is 1. The van der Waals surface area contributed by atoms with Crippen LogP contribution < -0.4 is 10.6 Å². The maximum atomic E-state index is 12.5. The van der Waals surface area contributed by atoms with Gasteiger partial charge in [-0.2, -0.15) is 5.10 Å². The molecule has 0 saturated carbocycles. The smallest absolute Gasteiger partial charge is 0.273 e. The molecule has 1 amide bonds. The molecule has 1 fully saturated rings. The monoisotopic (exact) mass is 418 g/mol. The Morgan fingerprint density at radius 2 is 2.00 bits per heavy atom. The van der Waals surface area contributed by atoms with E-state index >= 15 is 0 Å². The average Bonchev–Trinajstić information content (AvgIpc) is 3.20. The minimum Gasteiger partial charge on any atom is -0.371 e. The molecule has 0 unspecified atom stereocenters. The number of halogens is 2. The number of aromatic amines is 1. The predicted molar refractivity (Wildman–Crippen MR) is 112 cm³/mol. The average molecular weight is 419 g/mol. The fourth-order valence-electron chi connectivity index (χ4n) is 2.99. The van der Waals surface area contributed by atoms with Crippen molar-refractivity contribution < 1.29 is 9.53 Å². The molecular weight excluding hydrogens is 399 g/mol. The zero-order chi connectivity index (χ0) is 18.6. The van der Waals surface area contributed by atoms with E-state index in [-0.39, 0.29) is 24.4 Å². The van der Waals surface area contributed by atoms with Crippen molar-refractivity contribution in [3.8, 4) is 11.3 Å². The van der Waals surface area contributed by atoms with Crippen molar-refractivity contribution in [1.29, 1.82) is 0 Å². The number of carbonyl (C=O) groups is 1. The summed E-state index contributed by atoms with van der Waals surface area (Å²) in [5.74, 6) is -0.251. The van der Waals surface area contributed by atoms with Crippen molar-refractivity contribution in [2.75, 3.05) is 25.0 Å². The van der Waals surface area contributed by atoms with Crippen LogP contribution in [0.1, 0.15) is 22.2 Å². The topological polar surface area (TPSA) is 79.0 Å². The first-order valence-electron chi connectivity index (χ1n) is 8.74. The van der Waals surface area contributed by atoms with Crippen LogP contribution in [-0.4, -0.2) is 35.8 Å². The van der Waals surface area contributed by atoms with Crippen LogP contribution in [0.4, 0.5) is 5.69 Å². The lowest BCUT2D eigenvalue weighted by Gasteiger charge is -2.24. The fraction of sp³-hybridized carbons (Fsp3) is 0.200. The summed E-state index contributed by atoms with van der Waals surface area (Å²) in [7, 11) is 0. The number of H-pyrrole nitrogens is 1. The molecule has 146 valence electrons. The minimum absolute atomic E-state index is 0. The highest BCUT2D eigenvalue weighted by Gasteiger charge is 2.16. The minimum atomic E-state index is -0.251. The van der Waals surface area contributed by atoms with Crippen molar-refractivity contribution in [1.82, 2.24) is 15.5 Å². The Kier molecular flexibility index (Phi) is 6.70. The van der Waals surface area contributed by atoms with Crippen LogP contribution in [0, 0.1) is 0 Å². The molecule has 0 spiro atoms. The van der Waals surface area contributed by atoms with Gasteiger partial charge in [0.1, 0.15) is 5.69 Å². The second kappa shape index (κ2) is 9.21. The molecule has 2 aromatic carbocycles. The Morgan fingerprint density at radius 1 is 1.18 bits per heavy atom. The van der Waals surface area contributed by atoms with Gasteiger partial charge in [0.25, 0.3) is 5.91 Å². The van der Waals surface area contributed by atoms with Crippen LogP contribution in [0.2, 0.25) is 5.02 Å². The van der Waals surface area contributed by atoms with Gasteiger partial charge in [0.2, 0.25) is 0 Å². The summed E-state index contributed by atoms with van der Waals surface area (Å²) < 4.78 is 5.73. The molecule has 2 heterocycles. The van der Waals surface area contributed by atoms with Gasteiger partial charge in [-0.25, -0.2) is 0 Å². The first-order chi connectivity index (χ1) is 13.2. The number of anilines is 1. The highest BCUT2D eigenvalue weighted by atomic mass is 35.5. The first-order valence-corrected chi connectivity index (χ1v) is 9.12. The summed E-state index contributed by atoms with van der Waals surface area (Å²) in [6.07, 6.45) is 0.0522. The van der Waals surface area contributed by atoms with E-state index in [4.69, 9.17) is 16.3 Å². The van der Waals surface area contributed by atoms with E-state index in [2.05, 4.69) is 20.8 Å². The Balaban J connectivity index is 0.00000225. The van der Waals surface area contributed by atoms with E-state index in [1.165, 1.54) is 0 Å². The molecule has 1 aliphatic heterocycles. The summed E-state index contributed by atoms with van der Waals surface area (Å²) in [4.78, 5) is 12.5. The summed E-state index contributed by atoms with van der Waals surface area (Å²) in [5, 5.41) is 13.8. The summed E-state index contributed by atoms with van der Waals surface area (Å²) in [6.45, 7) is 2.38. The van der Waals surface area contributed by atoms with E-state index in [9.17, 15) is 4.79 Å². The van der Waals surface area contributed by atoms with Crippen molar-refractivity contribution in [2.45, 2.75) is 6.10 Å². The quantitative estimate of drug-likeness (QED) is 0.596. The number of hydrogen-bond donors (Lipinski definition) is 3. The fourth-order valence-corrected chi connectivity index (χ4v) is 3.18. The molecule has 0 bridgehead atoms. The van der Waals surface area contributed by atoms with Gasteiger partial charge in [-0.15, -0.1) is 12.4 Å². The number of nitrogens with one attached hydrogen (secondary N) is 3. The zero-order valence-electron chi connectivity index (χ0n) is 14.9. The largest absolute Gasteiger partial charge is 0.371 e. The van der Waals surface area contributed by atoms with Gasteiger partial charge in [-0.05, 0) is 35.9 Å². The number of hydrogen-bond acceptors (Lipinski definition) is 4. The summed E-state index contributed by atoms with van der Waals surface area (Å²) >= 11 is 6.01. The Bertz CT molecular complexity index is 937. The van der Waals surface area contributed by atoms with Crippen molar-refractivity contribution >= 4 is 35.6 Å². The van der Waals surface area contributed by atoms with E-state index in [0.29, 0.717) is 28.7 Å². The van der Waals surface area contributed by atoms with Gasteiger partial charge in [-0.3, -0.25) is 9.89 Å². The highest BCUT2D eigenvalue weighted by Crippen LogP contribution is 2.23. The van der Waals surface area contributed by atoms with Gasteiger partial charge in [0.15, 0.2) is 0 Å². The number of amides is 1. The molecule has 1 atom stereocenters. The number of aromatic nitrogens is 2. The lowest BCUT2D eigenvalue weighted by atomic mass is 10.1. The van der Waals surface area contributed by atoms with E-state index in [1.807, 2.05) is 36.4 Å². The number of rotatable bonds is 4. The molecule has 1 aromatic heterocycles. The maximum absolute atomic E-state index is 12.5. The Labute approximate surface area is 174 Å². The molecule has 4 rings (SSSR count). The lowest BCUT2D eigenvalue weighted by Crippen LogP contribution is -2.33. The van der Waals surface area contributed by atoms with Crippen LogP contribution >= 0.6 is 24.0 Å². The molecular formula is C20H20Cl2N4O2. The second-order valence-electron chi connectivity index (χ2n) is 6.32. The van der Waals surface area contributed by atoms with Crippen LogP contribution in [0.5, 0.6) is 0 Å². The predicted octanol–water partition coefficient (Wildman–Crippen LogP) is 4.07. The number of benzene rings is 2. The van der Waals surface area contributed by atoms with E-state index < -0.39 is 0 Å².